The molecule has 1 heterocycles. The minimum atomic E-state index is -2.02. The topological polar surface area (TPSA) is 121 Å². The van der Waals surface area contributed by atoms with Gasteiger partial charge in [0.25, 0.3) is 0 Å². The quantitative estimate of drug-likeness (QED) is 0.536. The van der Waals surface area contributed by atoms with Crippen molar-refractivity contribution in [2.24, 2.45) is 0 Å². The van der Waals surface area contributed by atoms with E-state index in [9.17, 15) is 14.7 Å². The van der Waals surface area contributed by atoms with E-state index in [0.717, 1.165) is 19.8 Å². The number of anilines is 1. The number of amides is 2. The number of pyridine rings is 1. The number of rotatable bonds is 8. The molecule has 8 heteroatoms. The van der Waals surface area contributed by atoms with Crippen LogP contribution >= 0.6 is 0 Å². The van der Waals surface area contributed by atoms with Crippen molar-refractivity contribution in [1.82, 2.24) is 10.3 Å². The smallest absolute Gasteiger partial charge is 0.337 e. The molecular formula is C14H21N3O5. The summed E-state index contributed by atoms with van der Waals surface area (Å²) < 4.78 is 5.39. The lowest BCUT2D eigenvalue weighted by Crippen LogP contribution is -2.47. The van der Waals surface area contributed by atoms with Gasteiger partial charge in [0.05, 0.1) is 25.0 Å². The zero-order valence-electron chi connectivity index (χ0n) is 12.6. The van der Waals surface area contributed by atoms with Gasteiger partial charge in [-0.3, -0.25) is 0 Å². The molecule has 1 unspecified atom stereocenters. The molecule has 1 rings (SSSR count). The second-order valence-corrected chi connectivity index (χ2v) is 4.97. The summed E-state index contributed by atoms with van der Waals surface area (Å²) in [7, 11) is 0. The van der Waals surface area contributed by atoms with Crippen molar-refractivity contribution in [3.8, 4) is 5.88 Å². The first kappa shape index (κ1) is 17.7. The number of aromatic nitrogens is 1. The molecule has 0 aliphatic heterocycles. The zero-order valence-corrected chi connectivity index (χ0v) is 12.6. The van der Waals surface area contributed by atoms with Gasteiger partial charge in [0.1, 0.15) is 0 Å². The number of aliphatic hydroxyl groups is 1. The van der Waals surface area contributed by atoms with Crippen molar-refractivity contribution in [3.63, 3.8) is 0 Å². The van der Waals surface area contributed by atoms with E-state index in [1.807, 2.05) is 0 Å². The Morgan fingerprint density at radius 2 is 2.14 bits per heavy atom. The maximum Gasteiger partial charge on any atom is 0.337 e. The second kappa shape index (κ2) is 8.18. The Bertz CT molecular complexity index is 502. The summed E-state index contributed by atoms with van der Waals surface area (Å²) in [6.45, 7) is 3.32. The highest BCUT2D eigenvalue weighted by molar-refractivity contribution is 5.89. The van der Waals surface area contributed by atoms with Gasteiger partial charge in [-0.15, -0.1) is 0 Å². The maximum absolute atomic E-state index is 11.6. The summed E-state index contributed by atoms with van der Waals surface area (Å²) in [5.41, 5.74) is -1.60. The van der Waals surface area contributed by atoms with Gasteiger partial charge in [-0.2, -0.15) is 0 Å². The number of unbranched alkanes of at least 4 members (excludes halogenated alkanes) is 1. The summed E-state index contributed by atoms with van der Waals surface area (Å²) in [5.74, 6) is -0.948. The number of urea groups is 1. The molecule has 0 bridgehead atoms. The minimum absolute atomic E-state index is 0.417. The predicted molar refractivity (Wildman–Crippen MR) is 79.9 cm³/mol. The van der Waals surface area contributed by atoms with Crippen LogP contribution in [0.5, 0.6) is 5.88 Å². The Hall–Kier alpha value is -2.35. The van der Waals surface area contributed by atoms with Gasteiger partial charge in [0.2, 0.25) is 5.88 Å². The predicted octanol–water partition coefficient (Wildman–Crippen LogP) is 1.22. The van der Waals surface area contributed by atoms with Crippen LogP contribution in [-0.2, 0) is 4.79 Å². The lowest BCUT2D eigenvalue weighted by Gasteiger charge is -2.18. The first-order valence-electron chi connectivity index (χ1n) is 6.94. The second-order valence-electron chi connectivity index (χ2n) is 4.97. The summed E-state index contributed by atoms with van der Waals surface area (Å²) in [6.07, 6.45) is 3.39. The van der Waals surface area contributed by atoms with Crippen LogP contribution in [-0.4, -0.2) is 46.0 Å². The Balaban J connectivity index is 2.43. The van der Waals surface area contributed by atoms with Crippen LogP contribution in [0.15, 0.2) is 18.3 Å². The molecule has 0 radical (unpaired) electrons. The summed E-state index contributed by atoms with van der Waals surface area (Å²) >= 11 is 0. The van der Waals surface area contributed by atoms with Crippen LogP contribution < -0.4 is 15.4 Å². The lowest BCUT2D eigenvalue weighted by atomic mass is 10.1. The highest BCUT2D eigenvalue weighted by Gasteiger charge is 2.30. The Morgan fingerprint density at radius 3 is 2.68 bits per heavy atom. The standard InChI is InChI=1S/C14H21N3O5/c1-3-4-7-22-11-6-5-10(8-15-11)17-13(20)16-9-14(2,21)12(18)19/h5-6,8,21H,3-4,7,9H2,1-2H3,(H,18,19)(H2,16,17,20). The number of nitrogens with zero attached hydrogens (tertiary/aromatic N) is 1. The van der Waals surface area contributed by atoms with Gasteiger partial charge >= 0.3 is 12.0 Å². The third-order valence-corrected chi connectivity index (χ3v) is 2.80. The molecule has 0 aromatic carbocycles. The van der Waals surface area contributed by atoms with E-state index in [1.165, 1.54) is 6.20 Å². The van der Waals surface area contributed by atoms with Gasteiger partial charge in [0.15, 0.2) is 5.60 Å². The van der Waals surface area contributed by atoms with Gasteiger partial charge in [0, 0.05) is 6.07 Å². The van der Waals surface area contributed by atoms with Crippen LogP contribution in [0.1, 0.15) is 26.7 Å². The average Bonchev–Trinajstić information content (AvgIpc) is 2.47. The summed E-state index contributed by atoms with van der Waals surface area (Å²) in [6, 6.07) is 2.60. The number of carboxylic acid groups (broad SMARTS) is 1. The van der Waals surface area contributed by atoms with E-state index in [2.05, 4.69) is 22.5 Å². The average molecular weight is 311 g/mol. The lowest BCUT2D eigenvalue weighted by molar-refractivity contribution is -0.155. The molecule has 4 N–H and O–H groups in total. The molecule has 22 heavy (non-hydrogen) atoms. The first-order valence-corrected chi connectivity index (χ1v) is 6.94. The van der Waals surface area contributed by atoms with E-state index >= 15 is 0 Å². The molecular weight excluding hydrogens is 290 g/mol. The number of carbonyl (C=O) groups excluding carboxylic acids is 1. The summed E-state index contributed by atoms with van der Waals surface area (Å²) in [4.78, 5) is 26.3. The van der Waals surface area contributed by atoms with Crippen LogP contribution in [0.25, 0.3) is 0 Å². The molecule has 0 aliphatic rings. The van der Waals surface area contributed by atoms with Gasteiger partial charge in [-0.05, 0) is 19.4 Å². The highest BCUT2D eigenvalue weighted by Crippen LogP contribution is 2.12. The van der Waals surface area contributed by atoms with Crippen molar-refractivity contribution >= 4 is 17.7 Å². The third-order valence-electron chi connectivity index (χ3n) is 2.80. The molecule has 1 atom stereocenters. The molecule has 0 saturated carbocycles. The molecule has 8 nitrogen and oxygen atoms in total. The van der Waals surface area contributed by atoms with E-state index in [-0.39, 0.29) is 0 Å². The number of carbonyl (C=O) groups is 2. The monoisotopic (exact) mass is 311 g/mol. The Labute approximate surface area is 128 Å². The largest absolute Gasteiger partial charge is 0.479 e. The van der Waals surface area contributed by atoms with Crippen LogP contribution in [0.3, 0.4) is 0 Å². The SMILES string of the molecule is CCCCOc1ccc(NC(=O)NCC(C)(O)C(=O)O)cn1. The number of nitrogens with one attached hydrogen (secondary N) is 2. The van der Waals surface area contributed by atoms with E-state index in [4.69, 9.17) is 9.84 Å². The van der Waals surface area contributed by atoms with Crippen LogP contribution in [0, 0.1) is 0 Å². The zero-order chi connectivity index (χ0) is 16.6. The van der Waals surface area contributed by atoms with Crippen molar-refractivity contribution in [3.05, 3.63) is 18.3 Å². The van der Waals surface area contributed by atoms with E-state index in [0.29, 0.717) is 18.2 Å². The molecule has 1 aromatic heterocycles. The van der Waals surface area contributed by atoms with Crippen LogP contribution in [0.2, 0.25) is 0 Å². The molecule has 122 valence electrons. The van der Waals surface area contributed by atoms with Crippen molar-refractivity contribution in [1.29, 1.82) is 0 Å². The fraction of sp³-hybridized carbons (Fsp3) is 0.500. The Morgan fingerprint density at radius 1 is 1.41 bits per heavy atom. The number of aliphatic carboxylic acids is 1. The van der Waals surface area contributed by atoms with Gasteiger partial charge < -0.3 is 25.6 Å². The van der Waals surface area contributed by atoms with Crippen molar-refractivity contribution in [2.75, 3.05) is 18.5 Å². The van der Waals surface area contributed by atoms with Gasteiger partial charge in [-0.1, -0.05) is 13.3 Å². The third kappa shape index (κ3) is 5.96. The fourth-order valence-corrected chi connectivity index (χ4v) is 1.36. The van der Waals surface area contributed by atoms with E-state index in [1.54, 1.807) is 12.1 Å². The molecule has 0 saturated heterocycles. The molecule has 0 aliphatic carbocycles. The summed E-state index contributed by atoms with van der Waals surface area (Å²) in [5, 5.41) is 22.9. The number of hydrogen-bond acceptors (Lipinski definition) is 5. The Kier molecular flexibility index (Phi) is 6.58. The van der Waals surface area contributed by atoms with E-state index < -0.39 is 24.1 Å². The normalized spacial score (nSPS) is 13.0. The molecule has 0 fully saturated rings. The number of carboxylic acids is 1. The maximum atomic E-state index is 11.6. The molecule has 0 spiro atoms. The highest BCUT2D eigenvalue weighted by atomic mass is 16.5. The van der Waals surface area contributed by atoms with Crippen molar-refractivity contribution < 1.29 is 24.5 Å². The molecule has 1 aromatic rings. The van der Waals surface area contributed by atoms with Gasteiger partial charge in [-0.25, -0.2) is 14.6 Å². The molecule has 2 amide bonds. The van der Waals surface area contributed by atoms with Crippen molar-refractivity contribution in [2.45, 2.75) is 32.3 Å². The number of hydrogen-bond donors (Lipinski definition) is 4. The fourth-order valence-electron chi connectivity index (χ4n) is 1.36. The number of ether oxygens (including phenoxy) is 1. The minimum Gasteiger partial charge on any atom is -0.479 e. The van der Waals surface area contributed by atoms with Crippen LogP contribution in [0.4, 0.5) is 10.5 Å². The first-order chi connectivity index (χ1) is 10.3.